The largest absolute Gasteiger partial charge is 0.383 e. The van der Waals surface area contributed by atoms with Gasteiger partial charge in [0.15, 0.2) is 0 Å². The van der Waals surface area contributed by atoms with Gasteiger partial charge in [0, 0.05) is 22.7 Å². The summed E-state index contributed by atoms with van der Waals surface area (Å²) in [5.41, 5.74) is 10.4. The van der Waals surface area contributed by atoms with Gasteiger partial charge in [-0.05, 0) is 68.2 Å². The Labute approximate surface area is 140 Å². The van der Waals surface area contributed by atoms with Crippen LogP contribution in [0.15, 0.2) is 35.8 Å². The van der Waals surface area contributed by atoms with Crippen molar-refractivity contribution in [2.45, 2.75) is 12.8 Å². The number of nitrogens with one attached hydrogen (secondary N) is 2. The highest BCUT2D eigenvalue weighted by molar-refractivity contribution is 7.12. The lowest BCUT2D eigenvalue weighted by Crippen LogP contribution is -2.13. The van der Waals surface area contributed by atoms with Gasteiger partial charge in [0.25, 0.3) is 0 Å². The van der Waals surface area contributed by atoms with Crippen molar-refractivity contribution in [2.75, 3.05) is 20.6 Å². The van der Waals surface area contributed by atoms with E-state index in [0.29, 0.717) is 0 Å². The van der Waals surface area contributed by atoms with E-state index in [1.807, 2.05) is 11.4 Å². The Morgan fingerprint density at radius 2 is 2.13 bits per heavy atom. The number of aromatic nitrogens is 1. The highest BCUT2D eigenvalue weighted by Gasteiger charge is 2.11. The Kier molecular flexibility index (Phi) is 4.50. The van der Waals surface area contributed by atoms with Gasteiger partial charge in [0.05, 0.1) is 4.88 Å². The molecule has 0 amide bonds. The Balaban J connectivity index is 1.94. The van der Waals surface area contributed by atoms with E-state index in [1.54, 1.807) is 0 Å². The molecule has 0 saturated carbocycles. The number of aryl methyl sites for hydroxylation is 1. The minimum absolute atomic E-state index is 0.135. The molecule has 0 aliphatic heterocycles. The van der Waals surface area contributed by atoms with Crippen molar-refractivity contribution in [3.8, 4) is 11.1 Å². The lowest BCUT2D eigenvalue weighted by molar-refractivity contribution is 0.400. The summed E-state index contributed by atoms with van der Waals surface area (Å²) in [6, 6.07) is 8.46. The Bertz CT molecular complexity index is 829. The molecule has 0 aliphatic rings. The third kappa shape index (κ3) is 3.30. The highest BCUT2D eigenvalue weighted by Crippen LogP contribution is 2.31. The summed E-state index contributed by atoms with van der Waals surface area (Å²) in [7, 11) is 4.21. The predicted molar refractivity (Wildman–Crippen MR) is 99.5 cm³/mol. The SMILES string of the molecule is CN(C)CCCc1c[nH]c2ccc(-c3ccsc3C(=N)N)cc12. The van der Waals surface area contributed by atoms with Crippen molar-refractivity contribution >= 4 is 28.1 Å². The molecule has 0 fully saturated rings. The molecule has 2 aromatic heterocycles. The summed E-state index contributed by atoms with van der Waals surface area (Å²) in [5, 5.41) is 11.0. The molecule has 0 bridgehead atoms. The number of nitrogens with two attached hydrogens (primary N) is 1. The molecule has 120 valence electrons. The van der Waals surface area contributed by atoms with Gasteiger partial charge >= 0.3 is 0 Å². The molecule has 0 spiro atoms. The molecule has 4 N–H and O–H groups in total. The molecule has 0 saturated heterocycles. The van der Waals surface area contributed by atoms with Crippen LogP contribution in [-0.4, -0.2) is 36.4 Å². The number of benzene rings is 1. The fraction of sp³-hybridized carbons (Fsp3) is 0.278. The monoisotopic (exact) mass is 326 g/mol. The first-order valence-corrected chi connectivity index (χ1v) is 8.61. The number of fused-ring (bicyclic) bond motifs is 1. The molecule has 0 atom stereocenters. The smallest absolute Gasteiger partial charge is 0.133 e. The van der Waals surface area contributed by atoms with Crippen LogP contribution in [0.5, 0.6) is 0 Å². The van der Waals surface area contributed by atoms with E-state index in [9.17, 15) is 0 Å². The normalized spacial score (nSPS) is 11.4. The number of aromatic amines is 1. The average molecular weight is 326 g/mol. The van der Waals surface area contributed by atoms with Crippen LogP contribution in [0.1, 0.15) is 16.9 Å². The standard InChI is InChI=1S/C18H22N4S/c1-22(2)8-3-4-13-11-21-16-6-5-12(10-15(13)16)14-7-9-23-17(14)18(19)20/h5-7,9-11,21H,3-4,8H2,1-2H3,(H3,19,20). The van der Waals surface area contributed by atoms with E-state index in [2.05, 4.69) is 48.4 Å². The second kappa shape index (κ2) is 6.56. The summed E-state index contributed by atoms with van der Waals surface area (Å²) in [6.45, 7) is 1.09. The molecule has 2 heterocycles. The highest BCUT2D eigenvalue weighted by atomic mass is 32.1. The Morgan fingerprint density at radius 3 is 2.87 bits per heavy atom. The first-order valence-electron chi connectivity index (χ1n) is 7.73. The zero-order valence-corrected chi connectivity index (χ0v) is 14.3. The number of hydrogen-bond acceptors (Lipinski definition) is 3. The van der Waals surface area contributed by atoms with Gasteiger partial charge in [-0.15, -0.1) is 11.3 Å². The van der Waals surface area contributed by atoms with Crippen molar-refractivity contribution in [1.82, 2.24) is 9.88 Å². The van der Waals surface area contributed by atoms with Gasteiger partial charge in [0.1, 0.15) is 5.84 Å². The van der Waals surface area contributed by atoms with E-state index in [4.69, 9.17) is 11.1 Å². The number of rotatable bonds is 6. The number of nitrogens with zero attached hydrogens (tertiary/aromatic N) is 1. The molecule has 5 heteroatoms. The fourth-order valence-electron chi connectivity index (χ4n) is 2.88. The van der Waals surface area contributed by atoms with Crippen molar-refractivity contribution in [3.63, 3.8) is 0 Å². The van der Waals surface area contributed by atoms with Crippen LogP contribution in [0.3, 0.4) is 0 Å². The van der Waals surface area contributed by atoms with Crippen molar-refractivity contribution in [2.24, 2.45) is 5.73 Å². The average Bonchev–Trinajstić information content (AvgIpc) is 3.13. The molecule has 3 rings (SSSR count). The van der Waals surface area contributed by atoms with Crippen LogP contribution in [0, 0.1) is 5.41 Å². The van der Waals surface area contributed by atoms with Crippen LogP contribution in [0.4, 0.5) is 0 Å². The first-order chi connectivity index (χ1) is 11.1. The van der Waals surface area contributed by atoms with Gasteiger partial charge in [-0.3, -0.25) is 5.41 Å². The Morgan fingerprint density at radius 1 is 1.30 bits per heavy atom. The third-order valence-electron chi connectivity index (χ3n) is 4.04. The number of H-pyrrole nitrogens is 1. The summed E-state index contributed by atoms with van der Waals surface area (Å²) in [5.74, 6) is 0.135. The van der Waals surface area contributed by atoms with E-state index in [-0.39, 0.29) is 5.84 Å². The Hall–Kier alpha value is -2.11. The molecule has 0 radical (unpaired) electrons. The molecule has 23 heavy (non-hydrogen) atoms. The second-order valence-electron chi connectivity index (χ2n) is 6.06. The van der Waals surface area contributed by atoms with Crippen LogP contribution in [-0.2, 0) is 6.42 Å². The van der Waals surface area contributed by atoms with E-state index in [0.717, 1.165) is 40.9 Å². The van der Waals surface area contributed by atoms with Gasteiger partial charge in [-0.1, -0.05) is 6.07 Å². The van der Waals surface area contributed by atoms with Crippen LogP contribution >= 0.6 is 11.3 Å². The summed E-state index contributed by atoms with van der Waals surface area (Å²) >= 11 is 1.52. The summed E-state index contributed by atoms with van der Waals surface area (Å²) in [6.07, 6.45) is 4.32. The first kappa shape index (κ1) is 15.8. The molecule has 3 aromatic rings. The number of thiophene rings is 1. The maximum atomic E-state index is 7.73. The minimum Gasteiger partial charge on any atom is -0.383 e. The zero-order chi connectivity index (χ0) is 16.4. The molecule has 4 nitrogen and oxygen atoms in total. The maximum absolute atomic E-state index is 7.73. The van der Waals surface area contributed by atoms with E-state index in [1.165, 1.54) is 22.3 Å². The van der Waals surface area contributed by atoms with Crippen molar-refractivity contribution in [1.29, 1.82) is 5.41 Å². The molecular formula is C18H22N4S. The molecule has 1 aromatic carbocycles. The molecule has 0 aliphatic carbocycles. The van der Waals surface area contributed by atoms with Gasteiger partial charge in [-0.2, -0.15) is 0 Å². The van der Waals surface area contributed by atoms with Crippen molar-refractivity contribution < 1.29 is 0 Å². The van der Waals surface area contributed by atoms with E-state index >= 15 is 0 Å². The topological polar surface area (TPSA) is 68.9 Å². The third-order valence-corrected chi connectivity index (χ3v) is 4.99. The molecular weight excluding hydrogens is 304 g/mol. The lowest BCUT2D eigenvalue weighted by atomic mass is 10.0. The van der Waals surface area contributed by atoms with E-state index < -0.39 is 0 Å². The molecule has 0 unspecified atom stereocenters. The quantitative estimate of drug-likeness (QED) is 0.478. The summed E-state index contributed by atoms with van der Waals surface area (Å²) < 4.78 is 0. The van der Waals surface area contributed by atoms with Crippen LogP contribution in [0.25, 0.3) is 22.0 Å². The van der Waals surface area contributed by atoms with Gasteiger partial charge in [0.2, 0.25) is 0 Å². The number of hydrogen-bond donors (Lipinski definition) is 3. The minimum atomic E-state index is 0.135. The summed E-state index contributed by atoms with van der Waals surface area (Å²) in [4.78, 5) is 6.41. The lowest BCUT2D eigenvalue weighted by Gasteiger charge is -2.08. The number of nitrogen functional groups attached to an aromatic ring is 1. The fourth-order valence-corrected chi connectivity index (χ4v) is 3.66. The maximum Gasteiger partial charge on any atom is 0.133 e. The van der Waals surface area contributed by atoms with Gasteiger partial charge in [-0.25, -0.2) is 0 Å². The predicted octanol–water partition coefficient (Wildman–Crippen LogP) is 3.67. The van der Waals surface area contributed by atoms with Crippen LogP contribution < -0.4 is 5.73 Å². The van der Waals surface area contributed by atoms with Gasteiger partial charge < -0.3 is 15.6 Å². The van der Waals surface area contributed by atoms with Crippen molar-refractivity contribution in [3.05, 3.63) is 46.3 Å². The number of amidine groups is 1. The van der Waals surface area contributed by atoms with Crippen LogP contribution in [0.2, 0.25) is 0 Å². The zero-order valence-electron chi connectivity index (χ0n) is 13.5. The second-order valence-corrected chi connectivity index (χ2v) is 6.97.